The van der Waals surface area contributed by atoms with E-state index in [0.29, 0.717) is 22.9 Å². The zero-order valence-corrected chi connectivity index (χ0v) is 15.0. The lowest BCUT2D eigenvalue weighted by Crippen LogP contribution is -2.35. The Morgan fingerprint density at radius 2 is 1.62 bits per heavy atom. The Kier molecular flexibility index (Phi) is 6.84. The number of rotatable bonds is 8. The predicted octanol–water partition coefficient (Wildman–Crippen LogP) is 2.15. The van der Waals surface area contributed by atoms with Crippen molar-refractivity contribution >= 4 is 17.5 Å². The van der Waals surface area contributed by atoms with E-state index in [2.05, 4.69) is 10.6 Å². The SMILES string of the molecule is COc1ccc(NC(=O)CNC(=O)COc2ccc(C)cc2)cc1OC. The van der Waals surface area contributed by atoms with Gasteiger partial charge in [0.2, 0.25) is 5.91 Å². The highest BCUT2D eigenvalue weighted by molar-refractivity contribution is 5.94. The van der Waals surface area contributed by atoms with Crippen LogP contribution in [0.2, 0.25) is 0 Å². The molecule has 2 aromatic rings. The van der Waals surface area contributed by atoms with E-state index in [1.807, 2.05) is 19.1 Å². The Bertz CT molecular complexity index is 759. The topological polar surface area (TPSA) is 85.9 Å². The molecule has 26 heavy (non-hydrogen) atoms. The smallest absolute Gasteiger partial charge is 0.258 e. The van der Waals surface area contributed by atoms with Crippen molar-refractivity contribution in [3.8, 4) is 17.2 Å². The maximum atomic E-state index is 11.9. The van der Waals surface area contributed by atoms with Crippen molar-refractivity contribution in [2.45, 2.75) is 6.92 Å². The van der Waals surface area contributed by atoms with E-state index in [1.165, 1.54) is 14.2 Å². The first-order valence-corrected chi connectivity index (χ1v) is 8.00. The lowest BCUT2D eigenvalue weighted by molar-refractivity contribution is -0.125. The largest absolute Gasteiger partial charge is 0.493 e. The van der Waals surface area contributed by atoms with Crippen molar-refractivity contribution < 1.29 is 23.8 Å². The lowest BCUT2D eigenvalue weighted by atomic mass is 10.2. The first-order chi connectivity index (χ1) is 12.5. The number of amides is 2. The van der Waals surface area contributed by atoms with Gasteiger partial charge in [0.1, 0.15) is 5.75 Å². The molecule has 0 saturated heterocycles. The molecule has 0 atom stereocenters. The quantitative estimate of drug-likeness (QED) is 0.755. The van der Waals surface area contributed by atoms with Gasteiger partial charge < -0.3 is 24.8 Å². The Hall–Kier alpha value is -3.22. The van der Waals surface area contributed by atoms with Crippen molar-refractivity contribution in [1.82, 2.24) is 5.32 Å². The molecule has 138 valence electrons. The van der Waals surface area contributed by atoms with Gasteiger partial charge in [-0.3, -0.25) is 9.59 Å². The van der Waals surface area contributed by atoms with E-state index in [0.717, 1.165) is 5.56 Å². The molecule has 0 heterocycles. The summed E-state index contributed by atoms with van der Waals surface area (Å²) in [4.78, 5) is 23.7. The molecule has 2 N–H and O–H groups in total. The summed E-state index contributed by atoms with van der Waals surface area (Å²) in [5, 5.41) is 5.18. The van der Waals surface area contributed by atoms with Crippen LogP contribution in [-0.4, -0.2) is 39.2 Å². The highest BCUT2D eigenvalue weighted by Gasteiger charge is 2.09. The summed E-state index contributed by atoms with van der Waals surface area (Å²) in [5.74, 6) is 0.919. The first kappa shape index (κ1) is 19.1. The molecule has 0 aliphatic heterocycles. The number of ether oxygens (including phenoxy) is 3. The van der Waals surface area contributed by atoms with E-state index >= 15 is 0 Å². The highest BCUT2D eigenvalue weighted by atomic mass is 16.5. The minimum absolute atomic E-state index is 0.160. The molecule has 7 heteroatoms. The van der Waals surface area contributed by atoms with Crippen LogP contribution in [0.3, 0.4) is 0 Å². The van der Waals surface area contributed by atoms with E-state index in [4.69, 9.17) is 14.2 Å². The molecule has 0 spiro atoms. The van der Waals surface area contributed by atoms with Crippen LogP contribution in [0.5, 0.6) is 17.2 Å². The van der Waals surface area contributed by atoms with Gasteiger partial charge in [-0.2, -0.15) is 0 Å². The molecule has 0 aliphatic carbocycles. The zero-order chi connectivity index (χ0) is 18.9. The van der Waals surface area contributed by atoms with Crippen LogP contribution in [0.4, 0.5) is 5.69 Å². The third-order valence-electron chi connectivity index (χ3n) is 3.50. The van der Waals surface area contributed by atoms with Gasteiger partial charge in [-0.25, -0.2) is 0 Å². The Morgan fingerprint density at radius 1 is 0.923 bits per heavy atom. The summed E-state index contributed by atoms with van der Waals surface area (Å²) in [6, 6.07) is 12.4. The van der Waals surface area contributed by atoms with Gasteiger partial charge in [0.05, 0.1) is 20.8 Å². The maximum Gasteiger partial charge on any atom is 0.258 e. The van der Waals surface area contributed by atoms with Gasteiger partial charge in [0.25, 0.3) is 5.91 Å². The predicted molar refractivity (Wildman–Crippen MR) is 97.9 cm³/mol. The van der Waals surface area contributed by atoms with Crippen LogP contribution in [-0.2, 0) is 9.59 Å². The molecule has 2 aromatic carbocycles. The molecular formula is C19H22N2O5. The van der Waals surface area contributed by atoms with Crippen molar-refractivity contribution in [1.29, 1.82) is 0 Å². The highest BCUT2D eigenvalue weighted by Crippen LogP contribution is 2.29. The number of carbonyl (C=O) groups is 2. The van der Waals surface area contributed by atoms with E-state index < -0.39 is 0 Å². The van der Waals surface area contributed by atoms with Crippen LogP contribution < -0.4 is 24.8 Å². The van der Waals surface area contributed by atoms with Gasteiger partial charge in [0.15, 0.2) is 18.1 Å². The number of hydrogen-bond acceptors (Lipinski definition) is 5. The number of methoxy groups -OCH3 is 2. The van der Waals surface area contributed by atoms with Crippen molar-refractivity contribution in [2.24, 2.45) is 0 Å². The molecule has 0 bridgehead atoms. The lowest BCUT2D eigenvalue weighted by Gasteiger charge is -2.11. The van der Waals surface area contributed by atoms with Crippen molar-refractivity contribution in [3.05, 3.63) is 48.0 Å². The molecule has 0 saturated carbocycles. The maximum absolute atomic E-state index is 11.9. The molecular weight excluding hydrogens is 336 g/mol. The number of aryl methyl sites for hydroxylation is 1. The summed E-state index contributed by atoms with van der Waals surface area (Å²) in [6.45, 7) is 1.64. The van der Waals surface area contributed by atoms with Crippen LogP contribution in [0.15, 0.2) is 42.5 Å². The first-order valence-electron chi connectivity index (χ1n) is 8.00. The Morgan fingerprint density at radius 3 is 2.27 bits per heavy atom. The van der Waals surface area contributed by atoms with Gasteiger partial charge in [0, 0.05) is 11.8 Å². The van der Waals surface area contributed by atoms with E-state index in [9.17, 15) is 9.59 Å². The molecule has 0 aromatic heterocycles. The molecule has 2 amide bonds. The fourth-order valence-electron chi connectivity index (χ4n) is 2.13. The van der Waals surface area contributed by atoms with Crippen molar-refractivity contribution in [3.63, 3.8) is 0 Å². The third kappa shape index (κ3) is 5.70. The second kappa shape index (κ2) is 9.31. The minimum atomic E-state index is -0.381. The second-order valence-electron chi connectivity index (χ2n) is 5.50. The van der Waals surface area contributed by atoms with Crippen molar-refractivity contribution in [2.75, 3.05) is 32.7 Å². The number of carbonyl (C=O) groups excluding carboxylic acids is 2. The van der Waals surface area contributed by atoms with Crippen LogP contribution >= 0.6 is 0 Å². The molecule has 0 aliphatic rings. The third-order valence-corrected chi connectivity index (χ3v) is 3.50. The minimum Gasteiger partial charge on any atom is -0.493 e. The summed E-state index contributed by atoms with van der Waals surface area (Å²) in [5.41, 5.74) is 1.64. The second-order valence-corrected chi connectivity index (χ2v) is 5.50. The Balaban J connectivity index is 1.77. The average molecular weight is 358 g/mol. The molecule has 7 nitrogen and oxygen atoms in total. The summed E-state index contributed by atoms with van der Waals surface area (Å²) < 4.78 is 15.7. The van der Waals surface area contributed by atoms with Gasteiger partial charge in [-0.15, -0.1) is 0 Å². The normalized spacial score (nSPS) is 9.96. The molecule has 0 fully saturated rings. The van der Waals surface area contributed by atoms with Crippen LogP contribution in [0.25, 0.3) is 0 Å². The Labute approximate surface area is 152 Å². The molecule has 0 unspecified atom stereocenters. The molecule has 0 radical (unpaired) electrons. The number of hydrogen-bond donors (Lipinski definition) is 2. The summed E-state index contributed by atoms with van der Waals surface area (Å²) in [6.07, 6.45) is 0. The number of benzene rings is 2. The summed E-state index contributed by atoms with van der Waals surface area (Å²) >= 11 is 0. The van der Waals surface area contributed by atoms with Crippen LogP contribution in [0.1, 0.15) is 5.56 Å². The number of nitrogens with one attached hydrogen (secondary N) is 2. The fraction of sp³-hybridized carbons (Fsp3) is 0.263. The van der Waals surface area contributed by atoms with E-state index in [-0.39, 0.29) is 25.0 Å². The van der Waals surface area contributed by atoms with Gasteiger partial charge in [-0.05, 0) is 31.2 Å². The van der Waals surface area contributed by atoms with Crippen LogP contribution in [0, 0.1) is 6.92 Å². The fourth-order valence-corrected chi connectivity index (χ4v) is 2.13. The zero-order valence-electron chi connectivity index (χ0n) is 15.0. The number of anilines is 1. The van der Waals surface area contributed by atoms with Gasteiger partial charge in [-0.1, -0.05) is 17.7 Å². The molecule has 2 rings (SSSR count). The van der Waals surface area contributed by atoms with E-state index in [1.54, 1.807) is 30.3 Å². The summed E-state index contributed by atoms with van der Waals surface area (Å²) in [7, 11) is 3.04. The average Bonchev–Trinajstić information content (AvgIpc) is 2.65. The standard InChI is InChI=1S/C19H22N2O5/c1-13-4-7-15(8-5-13)26-12-19(23)20-11-18(22)21-14-6-9-16(24-2)17(10-14)25-3/h4-10H,11-12H2,1-3H3,(H,20,23)(H,21,22). The van der Waals surface area contributed by atoms with Gasteiger partial charge >= 0.3 is 0 Å². The monoisotopic (exact) mass is 358 g/mol.